The van der Waals surface area contributed by atoms with Crippen molar-refractivity contribution in [2.75, 3.05) is 31.1 Å². The van der Waals surface area contributed by atoms with Crippen molar-refractivity contribution >= 4 is 33.5 Å². The Bertz CT molecular complexity index is 1100. The highest BCUT2D eigenvalue weighted by atomic mass is 79.9. The molecule has 4 N–H and O–H groups in total. The van der Waals surface area contributed by atoms with E-state index in [1.165, 1.54) is 6.42 Å². The molecular weight excluding hydrogens is 530 g/mol. The third kappa shape index (κ3) is 4.34. The van der Waals surface area contributed by atoms with E-state index in [9.17, 15) is 10.1 Å². The Morgan fingerprint density at radius 2 is 1.81 bits per heavy atom. The number of amidine groups is 1. The molecule has 1 aromatic heterocycles. The number of amides is 1. The normalized spacial score (nSPS) is 38.7. The number of nitrogens with two attached hydrogens (primary N) is 2. The van der Waals surface area contributed by atoms with Crippen LogP contribution in [0.3, 0.4) is 0 Å². The number of rotatable bonds is 6. The van der Waals surface area contributed by atoms with Crippen molar-refractivity contribution in [3.63, 3.8) is 0 Å². The number of nitriles is 1. The van der Waals surface area contributed by atoms with Crippen LogP contribution < -0.4 is 16.4 Å². The van der Waals surface area contributed by atoms with Crippen LogP contribution in [0.5, 0.6) is 0 Å². The van der Waals surface area contributed by atoms with E-state index in [-0.39, 0.29) is 17.4 Å². The maximum Gasteiger partial charge on any atom is 0.223 e. The van der Waals surface area contributed by atoms with Gasteiger partial charge in [0.15, 0.2) is 0 Å². The predicted molar refractivity (Wildman–Crippen MR) is 147 cm³/mol. The zero-order valence-corrected chi connectivity index (χ0v) is 23.2. The first-order valence-electron chi connectivity index (χ1n) is 13.8. The van der Waals surface area contributed by atoms with E-state index >= 15 is 0 Å². The van der Waals surface area contributed by atoms with Gasteiger partial charge in [0, 0.05) is 42.3 Å². The summed E-state index contributed by atoms with van der Waals surface area (Å²) in [5.41, 5.74) is 11.8. The molecule has 1 amide bonds. The molecule has 2 aliphatic heterocycles. The molecule has 9 heteroatoms. The fraction of sp³-hybridized carbons (Fsp3) is 0.714. The molecule has 3 heterocycles. The molecule has 5 unspecified atom stereocenters. The Morgan fingerprint density at radius 3 is 2.38 bits per heavy atom. The van der Waals surface area contributed by atoms with Gasteiger partial charge in [-0.25, -0.2) is 4.98 Å². The number of aliphatic imine (C=N–C) groups is 1. The molecule has 5 atom stereocenters. The monoisotopic (exact) mass is 567 g/mol. The highest BCUT2D eigenvalue weighted by Gasteiger charge is 2.58. The molecule has 37 heavy (non-hydrogen) atoms. The summed E-state index contributed by atoms with van der Waals surface area (Å²) in [6.07, 6.45) is 8.28. The van der Waals surface area contributed by atoms with Crippen molar-refractivity contribution in [2.24, 2.45) is 51.5 Å². The van der Waals surface area contributed by atoms with Crippen LogP contribution in [0.15, 0.2) is 27.8 Å². The Hall–Kier alpha value is -2.18. The fourth-order valence-electron chi connectivity index (χ4n) is 8.75. The Labute approximate surface area is 228 Å². The summed E-state index contributed by atoms with van der Waals surface area (Å²) in [4.78, 5) is 27.1. The van der Waals surface area contributed by atoms with Gasteiger partial charge in [-0.05, 0) is 103 Å². The van der Waals surface area contributed by atoms with Crippen LogP contribution in [0.2, 0.25) is 0 Å². The lowest BCUT2D eigenvalue weighted by atomic mass is 9.48. The minimum absolute atomic E-state index is 0.121. The van der Waals surface area contributed by atoms with Gasteiger partial charge < -0.3 is 16.4 Å². The second kappa shape index (κ2) is 9.23. The fourth-order valence-corrected chi connectivity index (χ4v) is 8.99. The minimum atomic E-state index is -0.584. The number of hydrogen-bond acceptors (Lipinski definition) is 6. The minimum Gasteiger partial charge on any atom is -0.386 e. The maximum absolute atomic E-state index is 12.4. The lowest BCUT2D eigenvalue weighted by molar-refractivity contribution is -0.144. The highest BCUT2D eigenvalue weighted by Crippen LogP contribution is 2.60. The average Bonchev–Trinajstić information content (AvgIpc) is 2.85. The molecule has 198 valence electrons. The summed E-state index contributed by atoms with van der Waals surface area (Å²) in [5.74, 6) is 3.85. The molecule has 6 bridgehead atoms. The van der Waals surface area contributed by atoms with Crippen LogP contribution in [0.1, 0.15) is 51.9 Å². The first kappa shape index (κ1) is 25.1. The van der Waals surface area contributed by atoms with E-state index in [1.54, 1.807) is 0 Å². The van der Waals surface area contributed by atoms with Crippen LogP contribution in [0.4, 0.5) is 5.82 Å². The molecule has 6 fully saturated rings. The van der Waals surface area contributed by atoms with E-state index in [4.69, 9.17) is 16.5 Å². The molecule has 2 saturated heterocycles. The third-order valence-electron chi connectivity index (χ3n) is 10.3. The number of carbonyl (C=O) groups excluding carboxylic acids is 1. The first-order chi connectivity index (χ1) is 17.7. The maximum atomic E-state index is 12.4. The van der Waals surface area contributed by atoms with Gasteiger partial charge in [-0.15, -0.1) is 0 Å². The van der Waals surface area contributed by atoms with E-state index in [0.29, 0.717) is 41.8 Å². The number of piperidine rings is 2. The summed E-state index contributed by atoms with van der Waals surface area (Å²) in [6.45, 7) is 5.85. The molecule has 8 nitrogen and oxygen atoms in total. The predicted octanol–water partition coefficient (Wildman–Crippen LogP) is 3.31. The SMILES string of the molecule is CC(CC#N)(C(N)=NC1C2CC3CC1CC(C(N)=O)(C3)C2)N1CC2CC(CN(c3ccc(Br)cn3)C2)C1. The van der Waals surface area contributed by atoms with E-state index in [1.807, 2.05) is 6.20 Å². The molecule has 0 aromatic carbocycles. The topological polar surface area (TPSA) is 125 Å². The quantitative estimate of drug-likeness (QED) is 0.401. The molecule has 0 spiro atoms. The molecule has 4 saturated carbocycles. The van der Waals surface area contributed by atoms with Crippen LogP contribution in [-0.4, -0.2) is 59.4 Å². The van der Waals surface area contributed by atoms with Crippen molar-refractivity contribution in [3.8, 4) is 6.07 Å². The van der Waals surface area contributed by atoms with Gasteiger partial charge in [0.1, 0.15) is 11.7 Å². The zero-order chi connectivity index (χ0) is 25.9. The second-order valence-corrected chi connectivity index (χ2v) is 13.8. The number of pyridine rings is 1. The highest BCUT2D eigenvalue weighted by molar-refractivity contribution is 9.10. The number of anilines is 1. The summed E-state index contributed by atoms with van der Waals surface area (Å²) in [7, 11) is 0. The van der Waals surface area contributed by atoms with Crippen molar-refractivity contribution in [2.45, 2.75) is 63.5 Å². The van der Waals surface area contributed by atoms with Gasteiger partial charge in [0.25, 0.3) is 0 Å². The van der Waals surface area contributed by atoms with Crippen LogP contribution >= 0.6 is 15.9 Å². The number of fused-ring (bicyclic) bond motifs is 2. The Balaban J connectivity index is 1.20. The van der Waals surface area contributed by atoms with E-state index < -0.39 is 5.54 Å². The number of aromatic nitrogens is 1. The van der Waals surface area contributed by atoms with E-state index in [0.717, 1.165) is 68.6 Å². The summed E-state index contributed by atoms with van der Waals surface area (Å²) < 4.78 is 0.991. The number of primary amides is 1. The largest absolute Gasteiger partial charge is 0.386 e. The Morgan fingerprint density at radius 1 is 1.14 bits per heavy atom. The number of nitrogens with zero attached hydrogens (tertiary/aromatic N) is 5. The molecule has 1 aromatic rings. The number of carbonyl (C=O) groups is 1. The molecule has 6 aliphatic rings. The van der Waals surface area contributed by atoms with Crippen LogP contribution in [0, 0.1) is 46.3 Å². The lowest BCUT2D eigenvalue weighted by Crippen LogP contribution is -2.64. The smallest absolute Gasteiger partial charge is 0.223 e. The van der Waals surface area contributed by atoms with E-state index in [2.05, 4.69) is 55.8 Å². The van der Waals surface area contributed by atoms with Gasteiger partial charge in [-0.2, -0.15) is 5.26 Å². The zero-order valence-electron chi connectivity index (χ0n) is 21.7. The standard InChI is InChI=1S/C28H38BrN7O/c1-27(4-5-30,25(31)34-24-20-7-17-8-21(24)11-28(9-17,10-20)26(32)37)36-15-18-6-19(16-36)14-35(13-18)23-3-2-22(29)12-33-23/h2-3,12,17-21,24H,4,6-11,13-16H2,1H3,(H2,31,34)(H2,32,37). The van der Waals surface area contributed by atoms with Crippen LogP contribution in [-0.2, 0) is 4.79 Å². The molecule has 0 radical (unpaired) electrons. The summed E-state index contributed by atoms with van der Waals surface area (Å²) >= 11 is 3.48. The average molecular weight is 569 g/mol. The second-order valence-electron chi connectivity index (χ2n) is 12.8. The molecule has 7 rings (SSSR count). The number of halogens is 1. The van der Waals surface area contributed by atoms with Gasteiger partial charge >= 0.3 is 0 Å². The summed E-state index contributed by atoms with van der Waals surface area (Å²) in [6, 6.07) is 6.71. The lowest BCUT2D eigenvalue weighted by Gasteiger charge is -2.58. The molecule has 4 aliphatic carbocycles. The van der Waals surface area contributed by atoms with Gasteiger partial charge in [-0.3, -0.25) is 14.7 Å². The van der Waals surface area contributed by atoms with Crippen molar-refractivity contribution < 1.29 is 4.79 Å². The van der Waals surface area contributed by atoms with Gasteiger partial charge in [-0.1, -0.05) is 0 Å². The van der Waals surface area contributed by atoms with Crippen molar-refractivity contribution in [1.82, 2.24) is 9.88 Å². The number of likely N-dealkylation sites (tertiary alicyclic amines) is 1. The Kier molecular flexibility index (Phi) is 6.27. The van der Waals surface area contributed by atoms with Crippen molar-refractivity contribution in [3.05, 3.63) is 22.8 Å². The number of hydrogen-bond donors (Lipinski definition) is 2. The molecular formula is C28H38BrN7O. The van der Waals surface area contributed by atoms with Crippen molar-refractivity contribution in [1.29, 1.82) is 5.26 Å². The van der Waals surface area contributed by atoms with Gasteiger partial charge in [0.05, 0.1) is 24.1 Å². The third-order valence-corrected chi connectivity index (χ3v) is 10.8. The van der Waals surface area contributed by atoms with Crippen LogP contribution in [0.25, 0.3) is 0 Å². The van der Waals surface area contributed by atoms with Gasteiger partial charge in [0.2, 0.25) is 5.91 Å². The first-order valence-corrected chi connectivity index (χ1v) is 14.6. The summed E-state index contributed by atoms with van der Waals surface area (Å²) in [5, 5.41) is 9.84.